The Hall–Kier alpha value is -2.82. The maximum atomic E-state index is 12.8. The van der Waals surface area contributed by atoms with Crippen LogP contribution in [0, 0.1) is 0 Å². The Labute approximate surface area is 178 Å². The summed E-state index contributed by atoms with van der Waals surface area (Å²) < 4.78 is 11.6. The van der Waals surface area contributed by atoms with E-state index in [4.69, 9.17) is 14.1 Å². The van der Waals surface area contributed by atoms with E-state index in [9.17, 15) is 4.79 Å². The predicted molar refractivity (Wildman–Crippen MR) is 118 cm³/mol. The molecule has 2 aromatic carbocycles. The molecule has 1 aromatic heterocycles. The zero-order valence-corrected chi connectivity index (χ0v) is 17.9. The molecular weight excluding hydrogens is 376 g/mol. The minimum Gasteiger partial charge on any atom is -0.496 e. The van der Waals surface area contributed by atoms with Gasteiger partial charge >= 0.3 is 0 Å². The van der Waals surface area contributed by atoms with Crippen molar-refractivity contribution >= 4 is 17.0 Å². The van der Waals surface area contributed by atoms with Crippen LogP contribution in [0.15, 0.2) is 46.9 Å². The molecule has 0 unspecified atom stereocenters. The lowest BCUT2D eigenvalue weighted by atomic mass is 10.0. The number of fused-ring (bicyclic) bond motifs is 1. The van der Waals surface area contributed by atoms with Gasteiger partial charge in [0.25, 0.3) is 0 Å². The van der Waals surface area contributed by atoms with Crippen molar-refractivity contribution in [3.05, 3.63) is 48.4 Å². The van der Waals surface area contributed by atoms with Crippen molar-refractivity contribution in [1.29, 1.82) is 0 Å². The summed E-state index contributed by atoms with van der Waals surface area (Å²) in [4.78, 5) is 19.5. The summed E-state index contributed by atoms with van der Waals surface area (Å²) in [5.74, 6) is 1.71. The van der Waals surface area contributed by atoms with E-state index in [0.29, 0.717) is 12.3 Å². The van der Waals surface area contributed by atoms with E-state index in [-0.39, 0.29) is 11.9 Å². The molecule has 1 atom stereocenters. The number of unbranched alkanes of at least 4 members (excludes halogenated alkanes) is 3. The zero-order valence-electron chi connectivity index (χ0n) is 17.9. The maximum absolute atomic E-state index is 12.8. The smallest absolute Gasteiger partial charge is 0.223 e. The van der Waals surface area contributed by atoms with Gasteiger partial charge in [0.15, 0.2) is 5.58 Å². The molecule has 0 saturated carbocycles. The van der Waals surface area contributed by atoms with Crippen LogP contribution in [0.3, 0.4) is 0 Å². The minimum atomic E-state index is -0.0502. The molecule has 1 aliphatic heterocycles. The largest absolute Gasteiger partial charge is 0.496 e. The Kier molecular flexibility index (Phi) is 6.36. The fraction of sp³-hybridized carbons (Fsp3) is 0.440. The number of rotatable bonds is 8. The van der Waals surface area contributed by atoms with Crippen molar-refractivity contribution in [3.63, 3.8) is 0 Å². The van der Waals surface area contributed by atoms with E-state index in [1.165, 1.54) is 12.8 Å². The molecule has 30 heavy (non-hydrogen) atoms. The topological polar surface area (TPSA) is 55.6 Å². The second-order valence-corrected chi connectivity index (χ2v) is 7.99. The summed E-state index contributed by atoms with van der Waals surface area (Å²) >= 11 is 0. The number of para-hydroxylation sites is 1. The molecule has 2 heterocycles. The highest BCUT2D eigenvalue weighted by molar-refractivity contribution is 5.82. The second kappa shape index (κ2) is 9.33. The van der Waals surface area contributed by atoms with Crippen LogP contribution < -0.4 is 4.74 Å². The average molecular weight is 407 g/mol. The van der Waals surface area contributed by atoms with Crippen LogP contribution in [0.2, 0.25) is 0 Å². The highest BCUT2D eigenvalue weighted by Crippen LogP contribution is 2.36. The molecule has 1 amide bonds. The quantitative estimate of drug-likeness (QED) is 0.422. The van der Waals surface area contributed by atoms with Crippen LogP contribution >= 0.6 is 0 Å². The Morgan fingerprint density at radius 1 is 1.20 bits per heavy atom. The van der Waals surface area contributed by atoms with Crippen LogP contribution in [0.1, 0.15) is 63.8 Å². The Bertz CT molecular complexity index is 1010. The monoisotopic (exact) mass is 406 g/mol. The first-order valence-electron chi connectivity index (χ1n) is 11.0. The highest BCUT2D eigenvalue weighted by atomic mass is 16.5. The van der Waals surface area contributed by atoms with Gasteiger partial charge in [0.05, 0.1) is 7.11 Å². The van der Waals surface area contributed by atoms with Crippen molar-refractivity contribution in [2.24, 2.45) is 0 Å². The van der Waals surface area contributed by atoms with E-state index in [1.54, 1.807) is 7.11 Å². The van der Waals surface area contributed by atoms with Crippen molar-refractivity contribution in [2.45, 2.75) is 57.9 Å². The number of likely N-dealkylation sites (tertiary alicyclic amines) is 1. The van der Waals surface area contributed by atoms with E-state index in [1.807, 2.05) is 47.4 Å². The molecule has 1 fully saturated rings. The molecule has 1 aliphatic rings. The molecule has 0 spiro atoms. The lowest BCUT2D eigenvalue weighted by Crippen LogP contribution is -2.30. The third-order valence-corrected chi connectivity index (χ3v) is 5.92. The number of oxazole rings is 1. The van der Waals surface area contributed by atoms with E-state index < -0.39 is 0 Å². The van der Waals surface area contributed by atoms with Crippen molar-refractivity contribution in [2.75, 3.05) is 13.7 Å². The maximum Gasteiger partial charge on any atom is 0.223 e. The number of aromatic nitrogens is 1. The number of nitrogens with zero attached hydrogens (tertiary/aromatic N) is 2. The lowest BCUT2D eigenvalue weighted by molar-refractivity contribution is -0.132. The van der Waals surface area contributed by atoms with Gasteiger partial charge in [0, 0.05) is 18.5 Å². The fourth-order valence-corrected chi connectivity index (χ4v) is 4.31. The molecule has 0 bridgehead atoms. The SMILES string of the molecule is CCCCCCC(=O)N1CCC[C@H]1c1nc2cc(-c3ccccc3OC)ccc2o1. The molecule has 5 heteroatoms. The number of benzene rings is 2. The van der Waals surface area contributed by atoms with Gasteiger partial charge in [-0.3, -0.25) is 4.79 Å². The van der Waals surface area contributed by atoms with Crippen LogP contribution in [-0.4, -0.2) is 29.4 Å². The number of hydrogen-bond donors (Lipinski definition) is 0. The highest BCUT2D eigenvalue weighted by Gasteiger charge is 2.33. The van der Waals surface area contributed by atoms with E-state index >= 15 is 0 Å². The van der Waals surface area contributed by atoms with Crippen molar-refractivity contribution in [1.82, 2.24) is 9.88 Å². The first-order chi connectivity index (χ1) is 14.7. The Balaban J connectivity index is 1.55. The van der Waals surface area contributed by atoms with Crippen LogP contribution in [0.4, 0.5) is 0 Å². The molecule has 0 radical (unpaired) electrons. The van der Waals surface area contributed by atoms with Crippen molar-refractivity contribution in [3.8, 4) is 16.9 Å². The Morgan fingerprint density at radius 3 is 2.90 bits per heavy atom. The van der Waals surface area contributed by atoms with Gasteiger partial charge in [0.2, 0.25) is 11.8 Å². The van der Waals surface area contributed by atoms with Gasteiger partial charge in [-0.05, 0) is 43.0 Å². The normalized spacial score (nSPS) is 16.3. The molecule has 1 saturated heterocycles. The van der Waals surface area contributed by atoms with Crippen LogP contribution in [0.5, 0.6) is 5.75 Å². The summed E-state index contributed by atoms with van der Waals surface area (Å²) in [6, 6.07) is 13.9. The summed E-state index contributed by atoms with van der Waals surface area (Å²) in [7, 11) is 1.68. The van der Waals surface area contributed by atoms with Gasteiger partial charge in [-0.25, -0.2) is 4.98 Å². The number of carbonyl (C=O) groups is 1. The number of methoxy groups -OCH3 is 1. The van der Waals surface area contributed by atoms with E-state index in [0.717, 1.165) is 60.2 Å². The second-order valence-electron chi connectivity index (χ2n) is 7.99. The Morgan fingerprint density at radius 2 is 2.07 bits per heavy atom. The minimum absolute atomic E-state index is 0.0502. The average Bonchev–Trinajstić information content (AvgIpc) is 3.42. The zero-order chi connectivity index (χ0) is 20.9. The third kappa shape index (κ3) is 4.20. The first kappa shape index (κ1) is 20.5. The third-order valence-electron chi connectivity index (χ3n) is 5.92. The van der Waals surface area contributed by atoms with Crippen LogP contribution in [-0.2, 0) is 4.79 Å². The van der Waals surface area contributed by atoms with Gasteiger partial charge in [-0.15, -0.1) is 0 Å². The lowest BCUT2D eigenvalue weighted by Gasteiger charge is -2.22. The number of amides is 1. The molecule has 0 aliphatic carbocycles. The van der Waals surface area contributed by atoms with E-state index in [2.05, 4.69) is 6.92 Å². The number of hydrogen-bond acceptors (Lipinski definition) is 4. The molecule has 158 valence electrons. The summed E-state index contributed by atoms with van der Waals surface area (Å²) in [5, 5.41) is 0. The molecule has 4 rings (SSSR count). The van der Waals surface area contributed by atoms with Gasteiger partial charge < -0.3 is 14.1 Å². The molecule has 5 nitrogen and oxygen atoms in total. The molecular formula is C25H30N2O3. The molecule has 3 aromatic rings. The summed E-state index contributed by atoms with van der Waals surface area (Å²) in [6.45, 7) is 2.98. The van der Waals surface area contributed by atoms with Crippen molar-refractivity contribution < 1.29 is 13.9 Å². The summed E-state index contributed by atoms with van der Waals surface area (Å²) in [5.41, 5.74) is 3.63. The standard InChI is InChI=1S/C25H30N2O3/c1-3-4-5-6-13-24(28)27-16-9-11-21(27)25-26-20-17-18(14-15-23(20)30-25)19-10-7-8-12-22(19)29-2/h7-8,10,12,14-15,17,21H,3-6,9,11,13,16H2,1-2H3/t21-/m0/s1. The van der Waals surface area contributed by atoms with Crippen LogP contribution in [0.25, 0.3) is 22.2 Å². The fourth-order valence-electron chi connectivity index (χ4n) is 4.31. The van der Waals surface area contributed by atoms with Gasteiger partial charge in [0.1, 0.15) is 17.3 Å². The summed E-state index contributed by atoms with van der Waals surface area (Å²) in [6.07, 6.45) is 6.98. The van der Waals surface area contributed by atoms with Gasteiger partial charge in [-0.1, -0.05) is 50.5 Å². The van der Waals surface area contributed by atoms with Gasteiger partial charge in [-0.2, -0.15) is 0 Å². The number of carbonyl (C=O) groups excluding carboxylic acids is 1. The first-order valence-corrected chi connectivity index (χ1v) is 11.0. The predicted octanol–water partition coefficient (Wildman–Crippen LogP) is 6.14. The molecule has 0 N–H and O–H groups in total. The number of ether oxygens (including phenoxy) is 1.